The Morgan fingerprint density at radius 3 is 1.76 bits per heavy atom. The van der Waals surface area contributed by atoms with Crippen molar-refractivity contribution in [2.24, 2.45) is 23.2 Å². The fourth-order valence-corrected chi connectivity index (χ4v) is 5.94. The Balaban J connectivity index is 1.35. The first-order valence-corrected chi connectivity index (χ1v) is 9.73. The molecule has 5 rings (SSSR count). The summed E-state index contributed by atoms with van der Waals surface area (Å²) in [5.74, 6) is 2.77. The Labute approximate surface area is 149 Å². The summed E-state index contributed by atoms with van der Waals surface area (Å²) in [4.78, 5) is 24.0. The maximum atomic E-state index is 12.6. The van der Waals surface area contributed by atoms with E-state index in [1.54, 1.807) is 0 Å². The van der Waals surface area contributed by atoms with Crippen LogP contribution in [0.2, 0.25) is 0 Å². The number of carbonyl (C=O) groups is 2. The van der Waals surface area contributed by atoms with Crippen LogP contribution < -0.4 is 10.6 Å². The van der Waals surface area contributed by atoms with Gasteiger partial charge in [0.25, 0.3) is 0 Å². The van der Waals surface area contributed by atoms with Crippen molar-refractivity contribution >= 4 is 23.2 Å². The van der Waals surface area contributed by atoms with Gasteiger partial charge in [-0.3, -0.25) is 9.59 Å². The van der Waals surface area contributed by atoms with Gasteiger partial charge in [0, 0.05) is 24.2 Å². The van der Waals surface area contributed by atoms with Crippen LogP contribution in [0.3, 0.4) is 0 Å². The van der Waals surface area contributed by atoms with Gasteiger partial charge < -0.3 is 10.6 Å². The molecule has 2 N–H and O–H groups in total. The molecule has 0 aliphatic heterocycles. The highest BCUT2D eigenvalue weighted by Gasteiger charge is 2.51. The molecule has 1 aromatic rings. The number of rotatable bonds is 5. The summed E-state index contributed by atoms with van der Waals surface area (Å²) >= 11 is 0. The molecule has 4 heteroatoms. The van der Waals surface area contributed by atoms with Gasteiger partial charge in [0.1, 0.15) is 0 Å². The predicted octanol–water partition coefficient (Wildman–Crippen LogP) is 4.58. The van der Waals surface area contributed by atoms with E-state index in [1.807, 2.05) is 31.2 Å². The Kier molecular flexibility index (Phi) is 4.30. The number of carbonyl (C=O) groups excluding carboxylic acids is 2. The highest BCUT2D eigenvalue weighted by molar-refractivity contribution is 5.93. The summed E-state index contributed by atoms with van der Waals surface area (Å²) in [6, 6.07) is 7.41. The van der Waals surface area contributed by atoms with Gasteiger partial charge >= 0.3 is 0 Å². The SMILES string of the molecule is CCC(=O)Nc1ccc(NC(=O)CC23CC4CC(CC(C4)C2)C3)cc1. The zero-order valence-electron chi connectivity index (χ0n) is 15.0. The number of benzene rings is 1. The molecule has 4 nitrogen and oxygen atoms in total. The van der Waals surface area contributed by atoms with E-state index >= 15 is 0 Å². The first kappa shape index (κ1) is 16.6. The zero-order valence-corrected chi connectivity index (χ0v) is 15.0. The average Bonchev–Trinajstić information content (AvgIpc) is 2.54. The number of hydrogen-bond acceptors (Lipinski definition) is 2. The van der Waals surface area contributed by atoms with Crippen LogP contribution in [0.4, 0.5) is 11.4 Å². The van der Waals surface area contributed by atoms with Crippen LogP contribution >= 0.6 is 0 Å². The van der Waals surface area contributed by atoms with E-state index in [9.17, 15) is 9.59 Å². The smallest absolute Gasteiger partial charge is 0.224 e. The molecule has 25 heavy (non-hydrogen) atoms. The lowest BCUT2D eigenvalue weighted by atomic mass is 9.49. The number of amides is 2. The van der Waals surface area contributed by atoms with Crippen molar-refractivity contribution in [1.29, 1.82) is 0 Å². The first-order chi connectivity index (χ1) is 12.0. The molecular weight excluding hydrogens is 312 g/mol. The van der Waals surface area contributed by atoms with Crippen LogP contribution in [0, 0.1) is 23.2 Å². The minimum Gasteiger partial charge on any atom is -0.326 e. The molecule has 0 spiro atoms. The molecule has 2 amide bonds. The number of hydrogen-bond donors (Lipinski definition) is 2. The van der Waals surface area contributed by atoms with E-state index in [0.29, 0.717) is 12.8 Å². The van der Waals surface area contributed by atoms with Gasteiger partial charge in [0.15, 0.2) is 0 Å². The van der Waals surface area contributed by atoms with Crippen molar-refractivity contribution in [3.63, 3.8) is 0 Å². The van der Waals surface area contributed by atoms with Crippen LogP contribution in [-0.4, -0.2) is 11.8 Å². The largest absolute Gasteiger partial charge is 0.326 e. The predicted molar refractivity (Wildman–Crippen MR) is 99.2 cm³/mol. The Bertz CT molecular complexity index is 630. The van der Waals surface area contributed by atoms with Gasteiger partial charge in [-0.2, -0.15) is 0 Å². The Morgan fingerprint density at radius 1 is 0.880 bits per heavy atom. The van der Waals surface area contributed by atoms with E-state index in [-0.39, 0.29) is 17.2 Å². The van der Waals surface area contributed by atoms with Crippen molar-refractivity contribution in [2.45, 2.75) is 58.3 Å². The second-order valence-corrected chi connectivity index (χ2v) is 8.62. The van der Waals surface area contributed by atoms with E-state index in [2.05, 4.69) is 10.6 Å². The third-order valence-corrected chi connectivity index (χ3v) is 6.47. The lowest BCUT2D eigenvalue weighted by Gasteiger charge is -2.56. The summed E-state index contributed by atoms with van der Waals surface area (Å²) in [7, 11) is 0. The summed E-state index contributed by atoms with van der Waals surface area (Å²) in [5.41, 5.74) is 1.85. The minimum absolute atomic E-state index is 0.00129. The topological polar surface area (TPSA) is 58.2 Å². The van der Waals surface area contributed by atoms with Crippen LogP contribution in [0.15, 0.2) is 24.3 Å². The molecule has 0 heterocycles. The molecule has 4 fully saturated rings. The van der Waals surface area contributed by atoms with Crippen LogP contribution in [0.1, 0.15) is 58.3 Å². The summed E-state index contributed by atoms with van der Waals surface area (Å²) < 4.78 is 0. The average molecular weight is 340 g/mol. The van der Waals surface area contributed by atoms with Crippen molar-refractivity contribution in [2.75, 3.05) is 10.6 Å². The third-order valence-electron chi connectivity index (χ3n) is 6.47. The van der Waals surface area contributed by atoms with E-state index < -0.39 is 0 Å². The Hall–Kier alpha value is -1.84. The molecule has 4 aliphatic carbocycles. The van der Waals surface area contributed by atoms with Crippen molar-refractivity contribution in [3.8, 4) is 0 Å². The van der Waals surface area contributed by atoms with Crippen molar-refractivity contribution in [1.82, 2.24) is 0 Å². The normalized spacial score (nSPS) is 32.4. The standard InChI is InChI=1S/C21H28N2O2/c1-2-19(24)22-17-3-5-18(6-4-17)23-20(25)13-21-10-14-7-15(11-21)9-16(8-14)12-21/h3-6,14-16H,2,7-13H2,1H3,(H,22,24)(H,23,25). The Morgan fingerprint density at radius 2 is 1.32 bits per heavy atom. The molecule has 4 bridgehead atoms. The van der Waals surface area contributed by atoms with E-state index in [0.717, 1.165) is 29.1 Å². The van der Waals surface area contributed by atoms with Gasteiger partial charge in [-0.25, -0.2) is 0 Å². The van der Waals surface area contributed by atoms with Gasteiger partial charge in [-0.05, 0) is 86.0 Å². The minimum atomic E-state index is -0.00129. The summed E-state index contributed by atoms with van der Waals surface area (Å²) in [5, 5.41) is 5.88. The quantitative estimate of drug-likeness (QED) is 0.824. The molecule has 0 radical (unpaired) electrons. The molecule has 4 aliphatic rings. The molecule has 0 saturated heterocycles. The van der Waals surface area contributed by atoms with Gasteiger partial charge in [-0.1, -0.05) is 6.92 Å². The molecule has 134 valence electrons. The van der Waals surface area contributed by atoms with Gasteiger partial charge in [0.2, 0.25) is 11.8 Å². The lowest BCUT2D eigenvalue weighted by molar-refractivity contribution is -0.124. The lowest BCUT2D eigenvalue weighted by Crippen LogP contribution is -2.47. The molecule has 1 aromatic carbocycles. The van der Waals surface area contributed by atoms with E-state index in [1.165, 1.54) is 38.5 Å². The van der Waals surface area contributed by atoms with Gasteiger partial charge in [-0.15, -0.1) is 0 Å². The third kappa shape index (κ3) is 3.58. The number of nitrogens with one attached hydrogen (secondary N) is 2. The van der Waals surface area contributed by atoms with Crippen molar-refractivity contribution in [3.05, 3.63) is 24.3 Å². The second kappa shape index (κ2) is 6.47. The zero-order chi connectivity index (χ0) is 17.4. The van der Waals surface area contributed by atoms with Crippen LogP contribution in [0.5, 0.6) is 0 Å². The maximum Gasteiger partial charge on any atom is 0.224 e. The monoisotopic (exact) mass is 340 g/mol. The number of anilines is 2. The van der Waals surface area contributed by atoms with E-state index in [4.69, 9.17) is 0 Å². The summed E-state index contributed by atoms with van der Waals surface area (Å²) in [6.07, 6.45) is 9.13. The molecule has 0 unspecified atom stereocenters. The summed E-state index contributed by atoms with van der Waals surface area (Å²) in [6.45, 7) is 1.83. The van der Waals surface area contributed by atoms with Crippen LogP contribution in [0.25, 0.3) is 0 Å². The first-order valence-electron chi connectivity index (χ1n) is 9.73. The fraction of sp³-hybridized carbons (Fsp3) is 0.619. The fourth-order valence-electron chi connectivity index (χ4n) is 5.94. The van der Waals surface area contributed by atoms with Crippen molar-refractivity contribution < 1.29 is 9.59 Å². The molecular formula is C21H28N2O2. The van der Waals surface area contributed by atoms with Gasteiger partial charge in [0.05, 0.1) is 0 Å². The van der Waals surface area contributed by atoms with Crippen LogP contribution in [-0.2, 0) is 9.59 Å². The molecule has 0 aromatic heterocycles. The highest BCUT2D eigenvalue weighted by atomic mass is 16.2. The maximum absolute atomic E-state index is 12.6. The molecule has 4 saturated carbocycles. The second-order valence-electron chi connectivity index (χ2n) is 8.62. The highest BCUT2D eigenvalue weighted by Crippen LogP contribution is 2.61. The molecule has 0 atom stereocenters.